The third-order valence-corrected chi connectivity index (χ3v) is 3.96. The molecule has 106 valence electrons. The molecular weight excluding hydrogens is 258 g/mol. The Morgan fingerprint density at radius 3 is 2.48 bits per heavy atom. The Labute approximate surface area is 125 Å². The molecule has 1 heterocycles. The van der Waals surface area contributed by atoms with Gasteiger partial charge in [0, 0.05) is 11.8 Å². The minimum Gasteiger partial charge on any atom is -0.386 e. The number of para-hydroxylation sites is 1. The normalized spacial score (nSPS) is 12.5. The molecule has 0 aliphatic carbocycles. The van der Waals surface area contributed by atoms with E-state index in [-0.39, 0.29) is 0 Å². The minimum atomic E-state index is -0.575. The van der Waals surface area contributed by atoms with E-state index in [1.54, 1.807) is 0 Å². The summed E-state index contributed by atoms with van der Waals surface area (Å²) >= 11 is 0. The Balaban J connectivity index is 1.95. The Kier molecular flexibility index (Phi) is 3.72. The largest absolute Gasteiger partial charge is 0.386 e. The van der Waals surface area contributed by atoms with Crippen molar-refractivity contribution in [3.05, 3.63) is 77.0 Å². The van der Waals surface area contributed by atoms with E-state index in [1.165, 1.54) is 5.56 Å². The van der Waals surface area contributed by atoms with Gasteiger partial charge in [0.25, 0.3) is 0 Å². The predicted octanol–water partition coefficient (Wildman–Crippen LogP) is 4.13. The van der Waals surface area contributed by atoms with Gasteiger partial charge >= 0.3 is 0 Å². The Bertz CT molecular complexity index is 779. The predicted molar refractivity (Wildman–Crippen MR) is 86.3 cm³/mol. The number of benzene rings is 2. The topological polar surface area (TPSA) is 33.1 Å². The van der Waals surface area contributed by atoms with Crippen LogP contribution in [0.15, 0.2) is 54.6 Å². The SMILES string of the molecule is Cc1ccccc1CC(O)c1cc(C)c2ccccc2n1. The molecule has 1 unspecified atom stereocenters. The molecule has 0 amide bonds. The van der Waals surface area contributed by atoms with E-state index < -0.39 is 6.10 Å². The number of aryl methyl sites for hydroxylation is 2. The lowest BCUT2D eigenvalue weighted by molar-refractivity contribution is 0.174. The van der Waals surface area contributed by atoms with Gasteiger partial charge in [-0.05, 0) is 42.7 Å². The van der Waals surface area contributed by atoms with Gasteiger partial charge in [-0.25, -0.2) is 0 Å². The zero-order chi connectivity index (χ0) is 14.8. The highest BCUT2D eigenvalue weighted by Gasteiger charge is 2.13. The van der Waals surface area contributed by atoms with Crippen LogP contribution in [0.2, 0.25) is 0 Å². The van der Waals surface area contributed by atoms with E-state index in [1.807, 2.05) is 36.4 Å². The van der Waals surface area contributed by atoms with Crippen LogP contribution in [-0.2, 0) is 6.42 Å². The highest BCUT2D eigenvalue weighted by molar-refractivity contribution is 5.82. The molecule has 0 bridgehead atoms. The quantitative estimate of drug-likeness (QED) is 0.781. The van der Waals surface area contributed by atoms with Crippen LogP contribution < -0.4 is 0 Å². The molecule has 0 saturated heterocycles. The van der Waals surface area contributed by atoms with Gasteiger partial charge < -0.3 is 5.11 Å². The molecule has 21 heavy (non-hydrogen) atoms. The van der Waals surface area contributed by atoms with Crippen molar-refractivity contribution in [3.8, 4) is 0 Å². The van der Waals surface area contributed by atoms with Crippen molar-refractivity contribution in [3.63, 3.8) is 0 Å². The number of nitrogens with zero attached hydrogens (tertiary/aromatic N) is 1. The Morgan fingerprint density at radius 2 is 1.67 bits per heavy atom. The van der Waals surface area contributed by atoms with Crippen molar-refractivity contribution in [1.29, 1.82) is 0 Å². The molecule has 0 aliphatic rings. The molecule has 0 aliphatic heterocycles. The lowest BCUT2D eigenvalue weighted by atomic mass is 9.99. The maximum Gasteiger partial charge on any atom is 0.1000 e. The van der Waals surface area contributed by atoms with E-state index >= 15 is 0 Å². The van der Waals surface area contributed by atoms with Gasteiger partial charge in [-0.3, -0.25) is 4.98 Å². The van der Waals surface area contributed by atoms with Gasteiger partial charge in [0.15, 0.2) is 0 Å². The first-order valence-corrected chi connectivity index (χ1v) is 7.24. The molecule has 1 N–H and O–H groups in total. The second kappa shape index (κ2) is 5.66. The molecule has 1 aromatic heterocycles. The van der Waals surface area contributed by atoms with Gasteiger partial charge in [-0.2, -0.15) is 0 Å². The number of hydrogen-bond donors (Lipinski definition) is 1. The van der Waals surface area contributed by atoms with Crippen LogP contribution >= 0.6 is 0 Å². The fourth-order valence-electron chi connectivity index (χ4n) is 2.70. The zero-order valence-corrected chi connectivity index (χ0v) is 12.4. The average Bonchev–Trinajstić information content (AvgIpc) is 2.49. The van der Waals surface area contributed by atoms with Gasteiger partial charge in [0.1, 0.15) is 0 Å². The summed E-state index contributed by atoms with van der Waals surface area (Å²) in [6.07, 6.45) is 0.0201. The molecule has 0 saturated carbocycles. The standard InChI is InChI=1S/C19H19NO/c1-13-7-3-4-8-15(13)12-19(21)18-11-14(2)16-9-5-6-10-17(16)20-18/h3-11,19,21H,12H2,1-2H3. The van der Waals surface area contributed by atoms with Crippen molar-refractivity contribution in [2.24, 2.45) is 0 Å². The number of hydrogen-bond acceptors (Lipinski definition) is 2. The molecule has 2 nitrogen and oxygen atoms in total. The van der Waals surface area contributed by atoms with Crippen LogP contribution in [-0.4, -0.2) is 10.1 Å². The highest BCUT2D eigenvalue weighted by atomic mass is 16.3. The number of fused-ring (bicyclic) bond motifs is 1. The summed E-state index contributed by atoms with van der Waals surface area (Å²) in [5.41, 5.74) is 5.21. The Hall–Kier alpha value is -2.19. The number of aliphatic hydroxyl groups excluding tert-OH is 1. The maximum absolute atomic E-state index is 10.5. The minimum absolute atomic E-state index is 0.575. The second-order valence-electron chi connectivity index (χ2n) is 5.53. The number of aromatic nitrogens is 1. The monoisotopic (exact) mass is 277 g/mol. The van der Waals surface area contributed by atoms with Gasteiger partial charge in [-0.15, -0.1) is 0 Å². The highest BCUT2D eigenvalue weighted by Crippen LogP contribution is 2.24. The van der Waals surface area contributed by atoms with Crippen LogP contribution in [0.1, 0.15) is 28.5 Å². The molecule has 0 fully saturated rings. The number of pyridine rings is 1. The summed E-state index contributed by atoms with van der Waals surface area (Å²) in [5.74, 6) is 0. The second-order valence-corrected chi connectivity index (χ2v) is 5.53. The van der Waals surface area contributed by atoms with Crippen LogP contribution in [0.5, 0.6) is 0 Å². The van der Waals surface area contributed by atoms with Crippen molar-refractivity contribution in [2.75, 3.05) is 0 Å². The molecular formula is C19H19NO. The first-order valence-electron chi connectivity index (χ1n) is 7.24. The molecule has 0 spiro atoms. The third kappa shape index (κ3) is 2.81. The summed E-state index contributed by atoms with van der Waals surface area (Å²) in [6.45, 7) is 4.13. The molecule has 2 heteroatoms. The van der Waals surface area contributed by atoms with E-state index in [9.17, 15) is 5.11 Å². The van der Waals surface area contributed by atoms with Crippen LogP contribution in [0.3, 0.4) is 0 Å². The summed E-state index contributed by atoms with van der Waals surface area (Å²) < 4.78 is 0. The number of rotatable bonds is 3. The van der Waals surface area contributed by atoms with Gasteiger partial charge in [-0.1, -0.05) is 42.5 Å². The zero-order valence-electron chi connectivity index (χ0n) is 12.4. The van der Waals surface area contributed by atoms with Crippen molar-refractivity contribution in [1.82, 2.24) is 4.98 Å². The summed E-state index contributed by atoms with van der Waals surface area (Å²) in [7, 11) is 0. The molecule has 1 atom stereocenters. The van der Waals surface area contributed by atoms with Crippen LogP contribution in [0, 0.1) is 13.8 Å². The van der Waals surface area contributed by atoms with Gasteiger partial charge in [0.05, 0.1) is 17.3 Å². The van der Waals surface area contributed by atoms with Crippen LogP contribution in [0.4, 0.5) is 0 Å². The number of aliphatic hydroxyl groups is 1. The lowest BCUT2D eigenvalue weighted by Gasteiger charge is -2.14. The molecule has 3 rings (SSSR count). The van der Waals surface area contributed by atoms with Gasteiger partial charge in [0.2, 0.25) is 0 Å². The lowest BCUT2D eigenvalue weighted by Crippen LogP contribution is -2.06. The van der Waals surface area contributed by atoms with E-state index in [0.717, 1.165) is 27.7 Å². The van der Waals surface area contributed by atoms with Crippen LogP contribution in [0.25, 0.3) is 10.9 Å². The fraction of sp³-hybridized carbons (Fsp3) is 0.211. The smallest absolute Gasteiger partial charge is 0.1000 e. The first-order chi connectivity index (χ1) is 10.1. The molecule has 2 aromatic carbocycles. The third-order valence-electron chi connectivity index (χ3n) is 3.96. The van der Waals surface area contributed by atoms with Crippen molar-refractivity contribution >= 4 is 10.9 Å². The van der Waals surface area contributed by atoms with E-state index in [2.05, 4.69) is 37.0 Å². The molecule has 3 aromatic rings. The fourth-order valence-corrected chi connectivity index (χ4v) is 2.70. The van der Waals surface area contributed by atoms with Crippen molar-refractivity contribution in [2.45, 2.75) is 26.4 Å². The average molecular weight is 277 g/mol. The first kappa shape index (κ1) is 13.8. The summed E-state index contributed by atoms with van der Waals surface area (Å²) in [5, 5.41) is 11.7. The molecule has 0 radical (unpaired) electrons. The summed E-state index contributed by atoms with van der Waals surface area (Å²) in [4.78, 5) is 4.61. The van der Waals surface area contributed by atoms with E-state index in [4.69, 9.17) is 0 Å². The van der Waals surface area contributed by atoms with E-state index in [0.29, 0.717) is 6.42 Å². The maximum atomic E-state index is 10.5. The Morgan fingerprint density at radius 1 is 0.952 bits per heavy atom. The van der Waals surface area contributed by atoms with Crippen molar-refractivity contribution < 1.29 is 5.11 Å². The summed E-state index contributed by atoms with van der Waals surface area (Å²) in [6, 6.07) is 18.2.